The predicted octanol–water partition coefficient (Wildman–Crippen LogP) is 4.78. The standard InChI is InChI=1S/C25H34N4O3/c1-5-6-7-11-22(30)28-21-10-8-9-20(16-21)26-17-23(31)27-19-14-12-18(13-15-19)24(32)29-25(2,3)4/h8-10,12-16,26H,5-7,11,17H2,1-4H3,(H,27,31)(H,28,30)(H,29,32). The summed E-state index contributed by atoms with van der Waals surface area (Å²) in [4.78, 5) is 36.4. The van der Waals surface area contributed by atoms with Crippen LogP contribution in [0.5, 0.6) is 0 Å². The van der Waals surface area contributed by atoms with E-state index in [-0.39, 0.29) is 29.8 Å². The highest BCUT2D eigenvalue weighted by molar-refractivity contribution is 5.97. The topological polar surface area (TPSA) is 99.3 Å². The third kappa shape index (κ3) is 9.20. The van der Waals surface area contributed by atoms with Crippen LogP contribution in [-0.4, -0.2) is 29.8 Å². The van der Waals surface area contributed by atoms with E-state index >= 15 is 0 Å². The van der Waals surface area contributed by atoms with E-state index < -0.39 is 0 Å². The van der Waals surface area contributed by atoms with Crippen LogP contribution in [0.2, 0.25) is 0 Å². The quantitative estimate of drug-likeness (QED) is 0.401. The van der Waals surface area contributed by atoms with Gasteiger partial charge in [-0.2, -0.15) is 0 Å². The van der Waals surface area contributed by atoms with E-state index in [1.54, 1.807) is 30.3 Å². The molecule has 2 aromatic carbocycles. The molecule has 0 saturated heterocycles. The lowest BCUT2D eigenvalue weighted by atomic mass is 10.1. The molecule has 0 bridgehead atoms. The lowest BCUT2D eigenvalue weighted by Crippen LogP contribution is -2.40. The van der Waals surface area contributed by atoms with Crippen LogP contribution in [0.3, 0.4) is 0 Å². The van der Waals surface area contributed by atoms with Gasteiger partial charge in [0.1, 0.15) is 0 Å². The minimum Gasteiger partial charge on any atom is -0.376 e. The van der Waals surface area contributed by atoms with Gasteiger partial charge in [0.15, 0.2) is 0 Å². The smallest absolute Gasteiger partial charge is 0.251 e. The van der Waals surface area contributed by atoms with Gasteiger partial charge in [-0.25, -0.2) is 0 Å². The Bertz CT molecular complexity index is 918. The second kappa shape index (κ2) is 11.9. The molecule has 0 aliphatic rings. The van der Waals surface area contributed by atoms with Gasteiger partial charge in [0.2, 0.25) is 11.8 Å². The second-order valence-electron chi connectivity index (χ2n) is 8.77. The van der Waals surface area contributed by atoms with E-state index in [4.69, 9.17) is 0 Å². The minimum absolute atomic E-state index is 0.00651. The fraction of sp³-hybridized carbons (Fsp3) is 0.400. The van der Waals surface area contributed by atoms with Crippen LogP contribution in [0.15, 0.2) is 48.5 Å². The van der Waals surface area contributed by atoms with Crippen molar-refractivity contribution in [3.05, 3.63) is 54.1 Å². The number of hydrogen-bond acceptors (Lipinski definition) is 4. The molecule has 0 aliphatic carbocycles. The van der Waals surface area contributed by atoms with Gasteiger partial charge in [-0.05, 0) is 69.7 Å². The molecule has 2 aromatic rings. The van der Waals surface area contributed by atoms with Gasteiger partial charge in [-0.1, -0.05) is 25.8 Å². The van der Waals surface area contributed by atoms with Crippen molar-refractivity contribution < 1.29 is 14.4 Å². The Hall–Kier alpha value is -3.35. The van der Waals surface area contributed by atoms with Gasteiger partial charge in [-0.15, -0.1) is 0 Å². The first-order valence-electron chi connectivity index (χ1n) is 11.0. The maximum atomic E-state index is 12.3. The summed E-state index contributed by atoms with van der Waals surface area (Å²) >= 11 is 0. The Morgan fingerprint density at radius 2 is 1.47 bits per heavy atom. The van der Waals surface area contributed by atoms with Crippen molar-refractivity contribution in [2.24, 2.45) is 0 Å². The fourth-order valence-corrected chi connectivity index (χ4v) is 2.97. The van der Waals surface area contributed by atoms with Crippen LogP contribution in [0.1, 0.15) is 63.7 Å². The lowest BCUT2D eigenvalue weighted by molar-refractivity contribution is -0.116. The third-order valence-corrected chi connectivity index (χ3v) is 4.53. The van der Waals surface area contributed by atoms with Gasteiger partial charge in [0, 0.05) is 34.6 Å². The van der Waals surface area contributed by atoms with Crippen molar-refractivity contribution in [1.29, 1.82) is 0 Å². The summed E-state index contributed by atoms with van der Waals surface area (Å²) in [6, 6.07) is 14.0. The highest BCUT2D eigenvalue weighted by Gasteiger charge is 2.15. The van der Waals surface area contributed by atoms with Crippen molar-refractivity contribution in [3.8, 4) is 0 Å². The van der Waals surface area contributed by atoms with Crippen molar-refractivity contribution in [2.45, 2.75) is 58.9 Å². The van der Waals surface area contributed by atoms with Crippen molar-refractivity contribution >= 4 is 34.8 Å². The van der Waals surface area contributed by atoms with Crippen LogP contribution in [0.4, 0.5) is 17.1 Å². The Morgan fingerprint density at radius 3 is 2.12 bits per heavy atom. The molecule has 0 atom stereocenters. The summed E-state index contributed by atoms with van der Waals surface area (Å²) in [5, 5.41) is 11.6. The van der Waals surface area contributed by atoms with Crippen LogP contribution in [0, 0.1) is 0 Å². The molecule has 7 nitrogen and oxygen atoms in total. The first-order chi connectivity index (χ1) is 15.2. The summed E-state index contributed by atoms with van der Waals surface area (Å²) in [7, 11) is 0. The largest absolute Gasteiger partial charge is 0.376 e. The Labute approximate surface area is 190 Å². The molecule has 0 aliphatic heterocycles. The van der Waals surface area contributed by atoms with Crippen molar-refractivity contribution in [2.75, 3.05) is 22.5 Å². The monoisotopic (exact) mass is 438 g/mol. The number of unbranched alkanes of at least 4 members (excludes halogenated alkanes) is 2. The molecule has 4 N–H and O–H groups in total. The van der Waals surface area contributed by atoms with Crippen LogP contribution < -0.4 is 21.3 Å². The number of anilines is 3. The highest BCUT2D eigenvalue weighted by Crippen LogP contribution is 2.16. The minimum atomic E-state index is -0.315. The molecular formula is C25H34N4O3. The van der Waals surface area contributed by atoms with E-state index in [1.807, 2.05) is 39.0 Å². The molecule has 0 radical (unpaired) electrons. The molecule has 3 amide bonds. The van der Waals surface area contributed by atoms with Gasteiger partial charge < -0.3 is 21.3 Å². The molecule has 2 rings (SSSR count). The van der Waals surface area contributed by atoms with Crippen molar-refractivity contribution in [3.63, 3.8) is 0 Å². The zero-order valence-electron chi connectivity index (χ0n) is 19.4. The molecule has 0 saturated carbocycles. The number of benzene rings is 2. The second-order valence-corrected chi connectivity index (χ2v) is 8.77. The molecule has 0 fully saturated rings. The first-order valence-corrected chi connectivity index (χ1v) is 11.0. The Morgan fingerprint density at radius 1 is 0.812 bits per heavy atom. The normalized spacial score (nSPS) is 10.9. The van der Waals surface area contributed by atoms with Crippen molar-refractivity contribution in [1.82, 2.24) is 5.32 Å². The summed E-state index contributed by atoms with van der Waals surface area (Å²) < 4.78 is 0. The number of rotatable bonds is 10. The predicted molar refractivity (Wildman–Crippen MR) is 130 cm³/mol. The zero-order valence-corrected chi connectivity index (χ0v) is 19.4. The maximum Gasteiger partial charge on any atom is 0.251 e. The van der Waals surface area contributed by atoms with E-state index in [0.717, 1.165) is 24.9 Å². The average Bonchev–Trinajstić information content (AvgIpc) is 2.72. The van der Waals surface area contributed by atoms with E-state index in [1.165, 1.54) is 0 Å². The Balaban J connectivity index is 1.83. The molecule has 0 spiro atoms. The molecule has 0 unspecified atom stereocenters. The number of carbonyl (C=O) groups is 3. The Kier molecular flexibility index (Phi) is 9.25. The number of amides is 3. The molecular weight excluding hydrogens is 404 g/mol. The van der Waals surface area contributed by atoms with Gasteiger partial charge in [0.25, 0.3) is 5.91 Å². The van der Waals surface area contributed by atoms with Gasteiger partial charge in [0.05, 0.1) is 6.54 Å². The molecule has 172 valence electrons. The molecule has 32 heavy (non-hydrogen) atoms. The fourth-order valence-electron chi connectivity index (χ4n) is 2.97. The average molecular weight is 439 g/mol. The van der Waals surface area contributed by atoms with Crippen LogP contribution in [-0.2, 0) is 9.59 Å². The summed E-state index contributed by atoms with van der Waals surface area (Å²) in [5.74, 6) is -0.381. The zero-order chi connectivity index (χ0) is 23.6. The number of hydrogen-bond donors (Lipinski definition) is 4. The lowest BCUT2D eigenvalue weighted by Gasteiger charge is -2.20. The summed E-state index contributed by atoms with van der Waals surface area (Å²) in [5.41, 5.74) is 2.26. The van der Waals surface area contributed by atoms with Gasteiger partial charge >= 0.3 is 0 Å². The van der Waals surface area contributed by atoms with Crippen LogP contribution >= 0.6 is 0 Å². The van der Waals surface area contributed by atoms with E-state index in [0.29, 0.717) is 23.4 Å². The van der Waals surface area contributed by atoms with E-state index in [2.05, 4.69) is 28.2 Å². The molecule has 7 heteroatoms. The summed E-state index contributed by atoms with van der Waals surface area (Å²) in [6.07, 6.45) is 3.50. The molecule has 0 heterocycles. The number of carbonyl (C=O) groups excluding carboxylic acids is 3. The first kappa shape index (κ1) is 24.9. The third-order valence-electron chi connectivity index (χ3n) is 4.53. The van der Waals surface area contributed by atoms with Gasteiger partial charge in [-0.3, -0.25) is 14.4 Å². The SMILES string of the molecule is CCCCCC(=O)Nc1cccc(NCC(=O)Nc2ccc(C(=O)NC(C)(C)C)cc2)c1. The van der Waals surface area contributed by atoms with E-state index in [9.17, 15) is 14.4 Å². The van der Waals surface area contributed by atoms with Crippen LogP contribution in [0.25, 0.3) is 0 Å². The maximum absolute atomic E-state index is 12.3. The molecule has 0 aromatic heterocycles. The summed E-state index contributed by atoms with van der Waals surface area (Å²) in [6.45, 7) is 7.93. The number of nitrogens with one attached hydrogen (secondary N) is 4. The highest BCUT2D eigenvalue weighted by atomic mass is 16.2.